The van der Waals surface area contributed by atoms with E-state index in [1.54, 1.807) is 11.8 Å². The molecule has 2 aromatic rings. The summed E-state index contributed by atoms with van der Waals surface area (Å²) in [5.74, 6) is 26.2. The summed E-state index contributed by atoms with van der Waals surface area (Å²) in [6, 6.07) is 15.8. The first-order chi connectivity index (χ1) is 11.4. The summed E-state index contributed by atoms with van der Waals surface area (Å²) >= 11 is 1.71. The van der Waals surface area contributed by atoms with Crippen molar-refractivity contribution in [2.24, 2.45) is 0 Å². The number of thioether (sulfide) groups is 1. The average molecular weight is 308 g/mol. The third-order valence-corrected chi connectivity index (χ3v) is 3.80. The molecule has 1 heterocycles. The number of hydrogen-bond acceptors (Lipinski definition) is 1. The Hall–Kier alpha value is -2.97. The molecule has 0 fully saturated rings. The van der Waals surface area contributed by atoms with Gasteiger partial charge < -0.3 is 0 Å². The molecular weight excluding hydrogens is 296 g/mol. The van der Waals surface area contributed by atoms with Crippen molar-refractivity contribution in [2.75, 3.05) is 11.5 Å². The number of hydrogen-bond donors (Lipinski definition) is 0. The summed E-state index contributed by atoms with van der Waals surface area (Å²) < 4.78 is 0. The molecule has 0 N–H and O–H groups in total. The summed E-state index contributed by atoms with van der Waals surface area (Å²) in [5.41, 5.74) is 3.73. The minimum Gasteiger partial charge on any atom is -0.136 e. The quantitative estimate of drug-likeness (QED) is 0.671. The van der Waals surface area contributed by atoms with Crippen molar-refractivity contribution >= 4 is 11.8 Å². The normalized spacial score (nSPS) is 11.8. The van der Waals surface area contributed by atoms with Crippen LogP contribution in [0.3, 0.4) is 0 Å². The van der Waals surface area contributed by atoms with Crippen LogP contribution in [0.15, 0.2) is 48.5 Å². The van der Waals surface area contributed by atoms with Crippen molar-refractivity contribution in [3.63, 3.8) is 0 Å². The third-order valence-electron chi connectivity index (χ3n) is 3.11. The Bertz CT molecular complexity index is 886. The maximum Gasteiger partial charge on any atom is 0.0560 e. The highest BCUT2D eigenvalue weighted by molar-refractivity contribution is 7.99. The molecule has 0 nitrogen and oxygen atoms in total. The van der Waals surface area contributed by atoms with Gasteiger partial charge in [-0.05, 0) is 36.1 Å². The van der Waals surface area contributed by atoms with E-state index in [4.69, 9.17) is 0 Å². The molecular formula is C22H12S. The predicted molar refractivity (Wildman–Crippen MR) is 97.7 cm³/mol. The van der Waals surface area contributed by atoms with Gasteiger partial charge in [0.25, 0.3) is 0 Å². The zero-order valence-corrected chi connectivity index (χ0v) is 13.3. The minimum absolute atomic E-state index is 0.759. The molecule has 0 unspecified atom stereocenters. The molecule has 0 radical (unpaired) electrons. The van der Waals surface area contributed by atoms with Crippen LogP contribution in [0.5, 0.6) is 0 Å². The first kappa shape index (κ1) is 14.9. The standard InChI is InChI=1S/C22H12S/c1-2-10-20-12-4-6-14-22(20)16-8-18-23-17-7-15-21-13-5-3-11-19(21)9-1/h3-6,11-14H,17-18H2. The fraction of sp³-hybridized carbons (Fsp3) is 0.0909. The van der Waals surface area contributed by atoms with Crippen LogP contribution < -0.4 is 0 Å². The lowest BCUT2D eigenvalue weighted by molar-refractivity contribution is 1.58. The molecule has 0 aliphatic carbocycles. The minimum atomic E-state index is 0.759. The lowest BCUT2D eigenvalue weighted by Gasteiger charge is -1.94. The Morgan fingerprint density at radius 3 is 1.39 bits per heavy atom. The molecule has 1 aliphatic heterocycles. The van der Waals surface area contributed by atoms with Gasteiger partial charge in [-0.15, -0.1) is 11.8 Å². The van der Waals surface area contributed by atoms with Crippen LogP contribution in [0.2, 0.25) is 0 Å². The fourth-order valence-electron chi connectivity index (χ4n) is 2.02. The Kier molecular flexibility index (Phi) is 5.12. The van der Waals surface area contributed by atoms with Crippen LogP contribution in [0.4, 0.5) is 0 Å². The lowest BCUT2D eigenvalue weighted by atomic mass is 10.1. The fourth-order valence-corrected chi connectivity index (χ4v) is 2.47. The Morgan fingerprint density at radius 2 is 0.957 bits per heavy atom. The Morgan fingerprint density at radius 1 is 0.565 bits per heavy atom. The van der Waals surface area contributed by atoms with E-state index in [1.165, 1.54) is 0 Å². The van der Waals surface area contributed by atoms with E-state index in [9.17, 15) is 0 Å². The predicted octanol–water partition coefficient (Wildman–Crippen LogP) is 3.54. The van der Waals surface area contributed by atoms with Crippen molar-refractivity contribution in [3.8, 4) is 47.4 Å². The first-order valence-corrected chi connectivity index (χ1v) is 8.34. The van der Waals surface area contributed by atoms with Crippen molar-refractivity contribution < 1.29 is 0 Å². The molecule has 1 aliphatic rings. The highest BCUT2D eigenvalue weighted by atomic mass is 32.2. The molecule has 0 saturated carbocycles. The maximum atomic E-state index is 3.18. The van der Waals surface area contributed by atoms with Gasteiger partial charge >= 0.3 is 0 Å². The maximum absolute atomic E-state index is 3.18. The van der Waals surface area contributed by atoms with Gasteiger partial charge in [0.1, 0.15) is 0 Å². The van der Waals surface area contributed by atoms with Gasteiger partial charge in [-0.2, -0.15) is 0 Å². The van der Waals surface area contributed by atoms with Gasteiger partial charge in [0, 0.05) is 22.3 Å². The molecule has 0 aromatic heterocycles. The second-order valence-electron chi connectivity index (χ2n) is 4.69. The van der Waals surface area contributed by atoms with E-state index in [0.29, 0.717) is 0 Å². The van der Waals surface area contributed by atoms with Gasteiger partial charge in [-0.3, -0.25) is 0 Å². The molecule has 0 bridgehead atoms. The summed E-state index contributed by atoms with van der Waals surface area (Å²) in [4.78, 5) is 0. The van der Waals surface area contributed by atoms with Gasteiger partial charge in [-0.25, -0.2) is 0 Å². The van der Waals surface area contributed by atoms with Crippen LogP contribution in [0.25, 0.3) is 0 Å². The molecule has 0 spiro atoms. The van der Waals surface area contributed by atoms with E-state index in [1.807, 2.05) is 48.5 Å². The number of fused-ring (bicyclic) bond motifs is 2. The van der Waals surface area contributed by atoms with Crippen molar-refractivity contribution in [1.82, 2.24) is 0 Å². The number of rotatable bonds is 0. The molecule has 106 valence electrons. The largest absolute Gasteiger partial charge is 0.136 e. The number of benzene rings is 2. The molecule has 0 atom stereocenters. The van der Waals surface area contributed by atoms with Crippen molar-refractivity contribution in [3.05, 3.63) is 70.8 Å². The van der Waals surface area contributed by atoms with Crippen LogP contribution in [0, 0.1) is 47.4 Å². The van der Waals surface area contributed by atoms with E-state index in [0.717, 1.165) is 33.8 Å². The second-order valence-corrected chi connectivity index (χ2v) is 5.67. The summed E-state index contributed by atoms with van der Waals surface area (Å²) in [7, 11) is 0. The van der Waals surface area contributed by atoms with Crippen molar-refractivity contribution in [1.29, 1.82) is 0 Å². The monoisotopic (exact) mass is 308 g/mol. The summed E-state index contributed by atoms with van der Waals surface area (Å²) in [5, 5.41) is 0. The van der Waals surface area contributed by atoms with Gasteiger partial charge in [0.05, 0.1) is 11.5 Å². The van der Waals surface area contributed by atoms with Crippen LogP contribution in [-0.2, 0) is 0 Å². The van der Waals surface area contributed by atoms with E-state index < -0.39 is 0 Å². The summed E-state index contributed by atoms with van der Waals surface area (Å²) in [6.45, 7) is 0. The average Bonchev–Trinajstić information content (AvgIpc) is 2.60. The van der Waals surface area contributed by atoms with E-state index >= 15 is 0 Å². The van der Waals surface area contributed by atoms with Crippen LogP contribution in [-0.4, -0.2) is 11.5 Å². The van der Waals surface area contributed by atoms with Gasteiger partial charge in [0.15, 0.2) is 0 Å². The van der Waals surface area contributed by atoms with Crippen LogP contribution >= 0.6 is 11.8 Å². The Balaban J connectivity index is 2.03. The van der Waals surface area contributed by atoms with Crippen LogP contribution in [0.1, 0.15) is 22.3 Å². The molecule has 1 heteroatoms. The zero-order chi connectivity index (χ0) is 15.7. The highest BCUT2D eigenvalue weighted by Gasteiger charge is 1.95. The molecule has 2 aromatic carbocycles. The SMILES string of the molecule is C1#Cc2ccccc2C#CCSCC#Cc2ccccc2C#C1. The van der Waals surface area contributed by atoms with E-state index in [2.05, 4.69) is 47.4 Å². The van der Waals surface area contributed by atoms with E-state index in [-0.39, 0.29) is 0 Å². The molecule has 0 amide bonds. The lowest BCUT2D eigenvalue weighted by Crippen LogP contribution is -1.83. The molecule has 3 rings (SSSR count). The third kappa shape index (κ3) is 4.25. The zero-order valence-electron chi connectivity index (χ0n) is 12.4. The van der Waals surface area contributed by atoms with Gasteiger partial charge in [-0.1, -0.05) is 59.8 Å². The van der Waals surface area contributed by atoms with Gasteiger partial charge in [0.2, 0.25) is 0 Å². The smallest absolute Gasteiger partial charge is 0.0560 e. The second kappa shape index (κ2) is 7.87. The first-order valence-electron chi connectivity index (χ1n) is 7.19. The summed E-state index contributed by atoms with van der Waals surface area (Å²) in [6.07, 6.45) is 0. The highest BCUT2D eigenvalue weighted by Crippen LogP contribution is 2.08. The Labute approximate surface area is 141 Å². The topological polar surface area (TPSA) is 0 Å². The molecule has 0 saturated heterocycles. The molecule has 23 heavy (non-hydrogen) atoms. The van der Waals surface area contributed by atoms with Crippen molar-refractivity contribution in [2.45, 2.75) is 0 Å².